The van der Waals surface area contributed by atoms with E-state index in [0.717, 1.165) is 49.1 Å². The van der Waals surface area contributed by atoms with Gasteiger partial charge in [0.1, 0.15) is 0 Å². The standard InChI is InChI=1S/C16H22N4OS/c1-2-21-15-13(4-3-7-17-15)12-19-14-5-9-20(10-6-14)16-18-8-11-22-16/h3-4,7-8,11,14,19H,2,5-6,9-10,12H2,1H3. The summed E-state index contributed by atoms with van der Waals surface area (Å²) in [6.45, 7) is 5.58. The van der Waals surface area contributed by atoms with Crippen molar-refractivity contribution >= 4 is 16.5 Å². The molecule has 22 heavy (non-hydrogen) atoms. The van der Waals surface area contributed by atoms with E-state index in [-0.39, 0.29) is 0 Å². The molecule has 1 fully saturated rings. The SMILES string of the molecule is CCOc1ncccc1CNC1CCN(c2nccs2)CC1. The Labute approximate surface area is 135 Å². The van der Waals surface area contributed by atoms with Gasteiger partial charge in [-0.2, -0.15) is 0 Å². The summed E-state index contributed by atoms with van der Waals surface area (Å²) < 4.78 is 5.58. The van der Waals surface area contributed by atoms with Crippen molar-refractivity contribution in [2.45, 2.75) is 32.4 Å². The molecule has 0 amide bonds. The minimum atomic E-state index is 0.547. The van der Waals surface area contributed by atoms with E-state index in [1.807, 2.05) is 24.6 Å². The normalized spacial score (nSPS) is 16.0. The number of piperidine rings is 1. The van der Waals surface area contributed by atoms with Crippen LogP contribution in [0.5, 0.6) is 5.88 Å². The van der Waals surface area contributed by atoms with Gasteiger partial charge in [0.15, 0.2) is 5.13 Å². The summed E-state index contributed by atoms with van der Waals surface area (Å²) in [7, 11) is 0. The Hall–Kier alpha value is -1.66. The maximum atomic E-state index is 5.58. The number of rotatable bonds is 6. The summed E-state index contributed by atoms with van der Waals surface area (Å²) in [5, 5.41) is 6.82. The molecule has 0 spiro atoms. The summed E-state index contributed by atoms with van der Waals surface area (Å²) in [5.74, 6) is 0.748. The molecule has 0 bridgehead atoms. The van der Waals surface area contributed by atoms with E-state index in [1.165, 1.54) is 0 Å². The van der Waals surface area contributed by atoms with Gasteiger partial charge in [0.25, 0.3) is 0 Å². The molecule has 2 aromatic heterocycles. The number of nitrogens with zero attached hydrogens (tertiary/aromatic N) is 3. The smallest absolute Gasteiger partial charge is 0.217 e. The van der Waals surface area contributed by atoms with Gasteiger partial charge in [-0.05, 0) is 25.8 Å². The molecule has 0 radical (unpaired) electrons. The molecule has 2 aromatic rings. The first-order chi connectivity index (χ1) is 10.9. The van der Waals surface area contributed by atoms with Crippen molar-refractivity contribution in [3.8, 4) is 5.88 Å². The van der Waals surface area contributed by atoms with Gasteiger partial charge in [0.2, 0.25) is 5.88 Å². The molecule has 5 nitrogen and oxygen atoms in total. The molecule has 0 aliphatic carbocycles. The summed E-state index contributed by atoms with van der Waals surface area (Å²) in [6.07, 6.45) is 5.94. The number of anilines is 1. The zero-order valence-electron chi connectivity index (χ0n) is 12.9. The second-order valence-corrected chi connectivity index (χ2v) is 6.23. The fourth-order valence-corrected chi connectivity index (χ4v) is 3.42. The Morgan fingerprint density at radius 1 is 1.32 bits per heavy atom. The average molecular weight is 318 g/mol. The van der Waals surface area contributed by atoms with Crippen molar-refractivity contribution < 1.29 is 4.74 Å². The Bertz CT molecular complexity index is 567. The molecule has 3 heterocycles. The molecule has 1 aliphatic rings. The second kappa shape index (κ2) is 7.56. The second-order valence-electron chi connectivity index (χ2n) is 5.36. The highest BCUT2D eigenvalue weighted by Gasteiger charge is 2.20. The van der Waals surface area contributed by atoms with E-state index in [9.17, 15) is 0 Å². The Morgan fingerprint density at radius 3 is 2.91 bits per heavy atom. The quantitative estimate of drug-likeness (QED) is 0.887. The van der Waals surface area contributed by atoms with Crippen molar-refractivity contribution in [1.82, 2.24) is 15.3 Å². The van der Waals surface area contributed by atoms with Crippen LogP contribution in [0, 0.1) is 0 Å². The van der Waals surface area contributed by atoms with Crippen LogP contribution in [0.15, 0.2) is 29.9 Å². The van der Waals surface area contributed by atoms with Gasteiger partial charge in [-0.25, -0.2) is 9.97 Å². The summed E-state index contributed by atoms with van der Waals surface area (Å²) >= 11 is 1.72. The third kappa shape index (κ3) is 3.75. The lowest BCUT2D eigenvalue weighted by Crippen LogP contribution is -2.42. The number of thiazole rings is 1. The fraction of sp³-hybridized carbons (Fsp3) is 0.500. The minimum Gasteiger partial charge on any atom is -0.478 e. The molecule has 1 saturated heterocycles. The van der Waals surface area contributed by atoms with Crippen molar-refractivity contribution in [2.75, 3.05) is 24.6 Å². The molecule has 1 aliphatic heterocycles. The van der Waals surface area contributed by atoms with Gasteiger partial charge in [0, 0.05) is 49.0 Å². The minimum absolute atomic E-state index is 0.547. The van der Waals surface area contributed by atoms with Gasteiger partial charge in [-0.3, -0.25) is 0 Å². The molecular formula is C16H22N4OS. The van der Waals surface area contributed by atoms with Crippen LogP contribution in [0.2, 0.25) is 0 Å². The van der Waals surface area contributed by atoms with Gasteiger partial charge in [0.05, 0.1) is 6.61 Å². The largest absolute Gasteiger partial charge is 0.478 e. The Balaban J connectivity index is 1.49. The average Bonchev–Trinajstić information content (AvgIpc) is 3.09. The zero-order chi connectivity index (χ0) is 15.2. The van der Waals surface area contributed by atoms with Crippen LogP contribution in [0.1, 0.15) is 25.3 Å². The van der Waals surface area contributed by atoms with E-state index < -0.39 is 0 Å². The van der Waals surface area contributed by atoms with E-state index in [0.29, 0.717) is 12.6 Å². The van der Waals surface area contributed by atoms with Crippen molar-refractivity contribution in [3.63, 3.8) is 0 Å². The highest BCUT2D eigenvalue weighted by atomic mass is 32.1. The number of nitrogens with one attached hydrogen (secondary N) is 1. The first-order valence-corrected chi connectivity index (χ1v) is 8.69. The molecule has 118 valence electrons. The summed E-state index contributed by atoms with van der Waals surface area (Å²) in [4.78, 5) is 11.1. The van der Waals surface area contributed by atoms with Gasteiger partial charge < -0.3 is 15.0 Å². The molecule has 6 heteroatoms. The van der Waals surface area contributed by atoms with Crippen LogP contribution in [0.25, 0.3) is 0 Å². The zero-order valence-corrected chi connectivity index (χ0v) is 13.7. The lowest BCUT2D eigenvalue weighted by molar-refractivity contribution is 0.319. The van der Waals surface area contributed by atoms with Crippen LogP contribution in [0.3, 0.4) is 0 Å². The van der Waals surface area contributed by atoms with E-state index in [4.69, 9.17) is 4.74 Å². The van der Waals surface area contributed by atoms with Gasteiger partial charge in [-0.1, -0.05) is 6.07 Å². The van der Waals surface area contributed by atoms with Crippen LogP contribution in [0.4, 0.5) is 5.13 Å². The number of hydrogen-bond acceptors (Lipinski definition) is 6. The lowest BCUT2D eigenvalue weighted by Gasteiger charge is -2.32. The van der Waals surface area contributed by atoms with Crippen molar-refractivity contribution in [1.29, 1.82) is 0 Å². The molecule has 1 N–H and O–H groups in total. The molecule has 0 aromatic carbocycles. The molecule has 0 saturated carbocycles. The van der Waals surface area contributed by atoms with Crippen molar-refractivity contribution in [3.05, 3.63) is 35.5 Å². The number of pyridine rings is 1. The predicted molar refractivity (Wildman–Crippen MR) is 89.6 cm³/mol. The third-order valence-electron chi connectivity index (χ3n) is 3.90. The maximum Gasteiger partial charge on any atom is 0.217 e. The Kier molecular flexibility index (Phi) is 5.24. The lowest BCUT2D eigenvalue weighted by atomic mass is 10.1. The monoisotopic (exact) mass is 318 g/mol. The molecule has 3 rings (SSSR count). The molecule has 0 unspecified atom stereocenters. The highest BCUT2D eigenvalue weighted by Crippen LogP contribution is 2.22. The topological polar surface area (TPSA) is 50.3 Å². The first kappa shape index (κ1) is 15.2. The van der Waals surface area contributed by atoms with Crippen LogP contribution in [-0.4, -0.2) is 35.7 Å². The molecule has 0 atom stereocenters. The van der Waals surface area contributed by atoms with E-state index >= 15 is 0 Å². The van der Waals surface area contributed by atoms with Crippen LogP contribution < -0.4 is 15.0 Å². The van der Waals surface area contributed by atoms with Gasteiger partial charge in [-0.15, -0.1) is 11.3 Å². The fourth-order valence-electron chi connectivity index (χ4n) is 2.73. The van der Waals surface area contributed by atoms with E-state index in [1.54, 1.807) is 17.5 Å². The number of hydrogen-bond donors (Lipinski definition) is 1. The number of ether oxygens (including phenoxy) is 1. The van der Waals surface area contributed by atoms with Crippen molar-refractivity contribution in [2.24, 2.45) is 0 Å². The van der Waals surface area contributed by atoms with Crippen LogP contribution >= 0.6 is 11.3 Å². The van der Waals surface area contributed by atoms with Gasteiger partial charge >= 0.3 is 0 Å². The number of aromatic nitrogens is 2. The predicted octanol–water partition coefficient (Wildman–Crippen LogP) is 2.70. The summed E-state index contributed by atoms with van der Waals surface area (Å²) in [6, 6.07) is 4.59. The Morgan fingerprint density at radius 2 is 2.18 bits per heavy atom. The van der Waals surface area contributed by atoms with Crippen LogP contribution in [-0.2, 0) is 6.54 Å². The highest BCUT2D eigenvalue weighted by molar-refractivity contribution is 7.13. The van der Waals surface area contributed by atoms with E-state index in [2.05, 4.69) is 26.3 Å². The third-order valence-corrected chi connectivity index (χ3v) is 4.73. The molecular weight excluding hydrogens is 296 g/mol. The maximum absolute atomic E-state index is 5.58. The first-order valence-electron chi connectivity index (χ1n) is 7.81. The summed E-state index contributed by atoms with van der Waals surface area (Å²) in [5.41, 5.74) is 1.13.